The number of hydrogen-bond acceptors (Lipinski definition) is 3. The third-order valence-electron chi connectivity index (χ3n) is 3.99. The van der Waals surface area contributed by atoms with Gasteiger partial charge in [-0.05, 0) is 25.7 Å². The molecule has 2 aliphatic rings. The number of rotatable bonds is 6. The second-order valence-corrected chi connectivity index (χ2v) is 5.84. The van der Waals surface area contributed by atoms with E-state index in [1.54, 1.807) is 0 Å². The van der Waals surface area contributed by atoms with E-state index in [1.807, 2.05) is 4.90 Å². The molecular weight excluding hydrogens is 264 g/mol. The minimum atomic E-state index is 0.293. The first-order chi connectivity index (χ1) is 9.29. The molecule has 1 amide bonds. The van der Waals surface area contributed by atoms with Gasteiger partial charge >= 0.3 is 0 Å². The highest BCUT2D eigenvalue weighted by molar-refractivity contribution is 6.17. The molecule has 0 saturated carbocycles. The van der Waals surface area contributed by atoms with Crippen LogP contribution in [0.3, 0.4) is 0 Å². The van der Waals surface area contributed by atoms with Gasteiger partial charge in [-0.25, -0.2) is 0 Å². The molecule has 1 unspecified atom stereocenters. The molecule has 0 N–H and O–H groups in total. The van der Waals surface area contributed by atoms with E-state index in [9.17, 15) is 4.79 Å². The van der Waals surface area contributed by atoms with Crippen LogP contribution in [-0.2, 0) is 9.53 Å². The zero-order valence-corrected chi connectivity index (χ0v) is 12.4. The summed E-state index contributed by atoms with van der Waals surface area (Å²) >= 11 is 5.63. The van der Waals surface area contributed by atoms with E-state index in [0.717, 1.165) is 52.2 Å². The molecule has 0 spiro atoms. The summed E-state index contributed by atoms with van der Waals surface area (Å²) in [5, 5.41) is 0. The number of hydrogen-bond donors (Lipinski definition) is 0. The number of unbranched alkanes of at least 4 members (excludes halogenated alkanes) is 1. The van der Waals surface area contributed by atoms with E-state index in [4.69, 9.17) is 16.3 Å². The van der Waals surface area contributed by atoms with Crippen molar-refractivity contribution in [2.24, 2.45) is 0 Å². The molecule has 1 atom stereocenters. The van der Waals surface area contributed by atoms with Crippen molar-refractivity contribution in [1.82, 2.24) is 9.80 Å². The van der Waals surface area contributed by atoms with Gasteiger partial charge < -0.3 is 9.64 Å². The molecule has 2 aliphatic heterocycles. The zero-order valence-electron chi connectivity index (χ0n) is 11.7. The summed E-state index contributed by atoms with van der Waals surface area (Å²) in [7, 11) is 0. The van der Waals surface area contributed by atoms with Crippen LogP contribution in [0, 0.1) is 0 Å². The number of carbonyl (C=O) groups is 1. The SMILES string of the molecule is O=C(CCCCCl)N1CCN(CC2CCCO2)CC1. The quantitative estimate of drug-likeness (QED) is 0.551. The third kappa shape index (κ3) is 4.93. The number of carbonyl (C=O) groups excluding carboxylic acids is 1. The molecule has 0 aromatic rings. The fourth-order valence-corrected chi connectivity index (χ4v) is 2.97. The van der Waals surface area contributed by atoms with Crippen LogP contribution in [0.1, 0.15) is 32.1 Å². The lowest BCUT2D eigenvalue weighted by Gasteiger charge is -2.35. The van der Waals surface area contributed by atoms with Gasteiger partial charge in [0.25, 0.3) is 0 Å². The summed E-state index contributed by atoms with van der Waals surface area (Å²) in [6.45, 7) is 5.67. The second-order valence-electron chi connectivity index (χ2n) is 5.46. The summed E-state index contributed by atoms with van der Waals surface area (Å²) in [6.07, 6.45) is 5.32. The Balaban J connectivity index is 1.62. The minimum Gasteiger partial charge on any atom is -0.377 e. The fraction of sp³-hybridized carbons (Fsp3) is 0.929. The van der Waals surface area contributed by atoms with Gasteiger partial charge in [-0.1, -0.05) is 0 Å². The molecule has 110 valence electrons. The van der Waals surface area contributed by atoms with E-state index in [-0.39, 0.29) is 0 Å². The van der Waals surface area contributed by atoms with Crippen molar-refractivity contribution >= 4 is 17.5 Å². The molecular formula is C14H25ClN2O2. The van der Waals surface area contributed by atoms with Crippen LogP contribution in [0.25, 0.3) is 0 Å². The Labute approximate surface area is 121 Å². The Morgan fingerprint density at radius 3 is 2.63 bits per heavy atom. The van der Waals surface area contributed by atoms with Crippen LogP contribution in [0.2, 0.25) is 0 Å². The Kier molecular flexibility index (Phi) is 6.41. The maximum absolute atomic E-state index is 12.0. The van der Waals surface area contributed by atoms with Crippen molar-refractivity contribution < 1.29 is 9.53 Å². The summed E-state index contributed by atoms with van der Waals surface area (Å²) in [5.74, 6) is 0.949. The molecule has 0 aromatic carbocycles. The van der Waals surface area contributed by atoms with Gasteiger partial charge in [-0.2, -0.15) is 0 Å². The molecule has 19 heavy (non-hydrogen) atoms. The fourth-order valence-electron chi connectivity index (χ4n) is 2.78. The van der Waals surface area contributed by atoms with Crippen molar-refractivity contribution in [3.05, 3.63) is 0 Å². The van der Waals surface area contributed by atoms with Crippen LogP contribution < -0.4 is 0 Å². The summed E-state index contributed by atoms with van der Waals surface area (Å²) in [4.78, 5) is 16.4. The van der Waals surface area contributed by atoms with Gasteiger partial charge in [0, 0.05) is 51.6 Å². The van der Waals surface area contributed by atoms with E-state index in [1.165, 1.54) is 12.8 Å². The first kappa shape index (κ1) is 15.1. The summed E-state index contributed by atoms with van der Waals surface area (Å²) in [5.41, 5.74) is 0. The summed E-state index contributed by atoms with van der Waals surface area (Å²) in [6, 6.07) is 0. The molecule has 0 aromatic heterocycles. The third-order valence-corrected chi connectivity index (χ3v) is 4.25. The lowest BCUT2D eigenvalue weighted by atomic mass is 10.2. The first-order valence-electron chi connectivity index (χ1n) is 7.47. The predicted octanol–water partition coefficient (Wildman–Crippen LogP) is 1.72. The molecule has 2 rings (SSSR count). The van der Waals surface area contributed by atoms with E-state index in [0.29, 0.717) is 24.3 Å². The number of nitrogens with zero attached hydrogens (tertiary/aromatic N) is 2. The van der Waals surface area contributed by atoms with Crippen molar-refractivity contribution in [3.8, 4) is 0 Å². The maximum Gasteiger partial charge on any atom is 0.222 e. The lowest BCUT2D eigenvalue weighted by Crippen LogP contribution is -2.50. The number of ether oxygens (including phenoxy) is 1. The summed E-state index contributed by atoms with van der Waals surface area (Å²) < 4.78 is 5.66. The smallest absolute Gasteiger partial charge is 0.222 e. The van der Waals surface area contributed by atoms with Crippen molar-refractivity contribution in [2.45, 2.75) is 38.2 Å². The normalized spacial score (nSPS) is 24.9. The van der Waals surface area contributed by atoms with Gasteiger partial charge in [0.05, 0.1) is 6.10 Å². The van der Waals surface area contributed by atoms with Crippen LogP contribution >= 0.6 is 11.6 Å². The van der Waals surface area contributed by atoms with Gasteiger partial charge in [0.15, 0.2) is 0 Å². The largest absolute Gasteiger partial charge is 0.377 e. The van der Waals surface area contributed by atoms with Gasteiger partial charge in [0.1, 0.15) is 0 Å². The Hall–Kier alpha value is -0.320. The monoisotopic (exact) mass is 288 g/mol. The highest BCUT2D eigenvalue weighted by Gasteiger charge is 2.24. The number of halogens is 1. The van der Waals surface area contributed by atoms with Crippen molar-refractivity contribution in [1.29, 1.82) is 0 Å². The molecule has 0 radical (unpaired) electrons. The average Bonchev–Trinajstić information content (AvgIpc) is 2.93. The molecule has 0 aliphatic carbocycles. The highest BCUT2D eigenvalue weighted by atomic mass is 35.5. The van der Waals surface area contributed by atoms with Gasteiger partial charge in [-0.3, -0.25) is 9.69 Å². The number of piperazine rings is 1. The average molecular weight is 289 g/mol. The molecule has 2 saturated heterocycles. The molecule has 5 heteroatoms. The number of amides is 1. The number of alkyl halides is 1. The molecule has 2 fully saturated rings. The van der Waals surface area contributed by atoms with Crippen molar-refractivity contribution in [3.63, 3.8) is 0 Å². The minimum absolute atomic E-state index is 0.293. The topological polar surface area (TPSA) is 32.8 Å². The Morgan fingerprint density at radius 2 is 2.00 bits per heavy atom. The van der Waals surface area contributed by atoms with Gasteiger partial charge in [-0.15, -0.1) is 11.6 Å². The molecule has 2 heterocycles. The standard InChI is InChI=1S/C14H25ClN2O2/c15-6-2-1-5-14(18)17-9-7-16(8-10-17)12-13-4-3-11-19-13/h13H,1-12H2. The van der Waals surface area contributed by atoms with Crippen LogP contribution in [0.4, 0.5) is 0 Å². The predicted molar refractivity (Wildman–Crippen MR) is 76.6 cm³/mol. The van der Waals surface area contributed by atoms with Crippen LogP contribution in [0.15, 0.2) is 0 Å². The van der Waals surface area contributed by atoms with Crippen LogP contribution in [-0.4, -0.2) is 67.0 Å². The molecule has 4 nitrogen and oxygen atoms in total. The van der Waals surface area contributed by atoms with E-state index in [2.05, 4.69) is 4.90 Å². The molecule has 0 bridgehead atoms. The lowest BCUT2D eigenvalue weighted by molar-refractivity contribution is -0.133. The first-order valence-corrected chi connectivity index (χ1v) is 8.01. The van der Waals surface area contributed by atoms with E-state index < -0.39 is 0 Å². The Morgan fingerprint density at radius 1 is 1.21 bits per heavy atom. The van der Waals surface area contributed by atoms with Gasteiger partial charge in [0.2, 0.25) is 5.91 Å². The maximum atomic E-state index is 12.0. The van der Waals surface area contributed by atoms with Crippen molar-refractivity contribution in [2.75, 3.05) is 45.2 Å². The Bertz CT molecular complexity index is 275. The highest BCUT2D eigenvalue weighted by Crippen LogP contribution is 2.15. The van der Waals surface area contributed by atoms with Crippen LogP contribution in [0.5, 0.6) is 0 Å². The second kappa shape index (κ2) is 8.08. The van der Waals surface area contributed by atoms with E-state index >= 15 is 0 Å². The zero-order chi connectivity index (χ0) is 13.5.